The summed E-state index contributed by atoms with van der Waals surface area (Å²) in [6.45, 7) is 2.28. The summed E-state index contributed by atoms with van der Waals surface area (Å²) in [5.74, 6) is 0.320. The van der Waals surface area contributed by atoms with Crippen LogP contribution in [0.2, 0.25) is 0 Å². The molecule has 1 amide bonds. The lowest BCUT2D eigenvalue weighted by atomic mass is 10.0. The van der Waals surface area contributed by atoms with Crippen LogP contribution in [0.3, 0.4) is 0 Å². The number of benzene rings is 1. The van der Waals surface area contributed by atoms with Gasteiger partial charge < -0.3 is 0 Å². The molecule has 1 aromatic carbocycles. The van der Waals surface area contributed by atoms with Gasteiger partial charge in [0, 0.05) is 0 Å². The van der Waals surface area contributed by atoms with Gasteiger partial charge in [-0.1, -0.05) is 115 Å². The molecule has 2 nitrogen and oxygen atoms in total. The quantitative estimate of drug-likeness (QED) is 0.195. The maximum absolute atomic E-state index is 12.6. The minimum Gasteiger partial charge on any atom is -0.233 e. The van der Waals surface area contributed by atoms with Crippen molar-refractivity contribution in [1.82, 2.24) is 4.48 Å². The maximum Gasteiger partial charge on any atom is 0.318 e. The summed E-state index contributed by atoms with van der Waals surface area (Å²) in [4.78, 5) is 12.6. The Morgan fingerprint density at radius 2 is 1.04 bits per heavy atom. The first-order valence-corrected chi connectivity index (χ1v) is 12.0. The number of quaternary nitrogens is 1. The Kier molecular flexibility index (Phi) is 14.0. The van der Waals surface area contributed by atoms with E-state index < -0.39 is 0 Å². The Bertz CT molecular complexity index is 494. The average molecular weight is 389 g/mol. The van der Waals surface area contributed by atoms with Crippen molar-refractivity contribution >= 4 is 11.6 Å². The zero-order valence-corrected chi connectivity index (χ0v) is 19.1. The summed E-state index contributed by atoms with van der Waals surface area (Å²) in [6, 6.07) is 10.1. The summed E-state index contributed by atoms with van der Waals surface area (Å²) >= 11 is 0. The SMILES string of the molecule is CCCCCCCCCCCCCCCCCC(=O)[N+](C)(C)c1ccccc1. The molecule has 0 heterocycles. The fourth-order valence-corrected chi connectivity index (χ4v) is 3.87. The standard InChI is InChI=1S/C26H46NO/c1-4-5-6-7-8-9-10-11-12-13-14-15-16-17-21-24-26(28)27(2,3)25-22-19-18-20-23-25/h18-20,22-23H,4-17,21,24H2,1-3H3/q+1. The van der Waals surface area contributed by atoms with Crippen molar-refractivity contribution in [2.24, 2.45) is 0 Å². The zero-order valence-electron chi connectivity index (χ0n) is 19.1. The first-order valence-electron chi connectivity index (χ1n) is 12.0. The monoisotopic (exact) mass is 388 g/mol. The summed E-state index contributed by atoms with van der Waals surface area (Å²) in [7, 11) is 4.01. The van der Waals surface area contributed by atoms with Crippen LogP contribution in [0.15, 0.2) is 30.3 Å². The van der Waals surface area contributed by atoms with Crippen LogP contribution in [0.25, 0.3) is 0 Å². The molecule has 0 aliphatic heterocycles. The Balaban J connectivity index is 1.92. The van der Waals surface area contributed by atoms with Gasteiger partial charge in [0.05, 0.1) is 20.5 Å². The van der Waals surface area contributed by atoms with Crippen LogP contribution < -0.4 is 4.48 Å². The molecule has 0 saturated heterocycles. The van der Waals surface area contributed by atoms with E-state index in [9.17, 15) is 4.79 Å². The molecule has 28 heavy (non-hydrogen) atoms. The highest BCUT2D eigenvalue weighted by atomic mass is 16.2. The largest absolute Gasteiger partial charge is 0.318 e. The summed E-state index contributed by atoms with van der Waals surface area (Å²) in [6.07, 6.45) is 21.1. The lowest BCUT2D eigenvalue weighted by molar-refractivity contribution is -0.128. The van der Waals surface area contributed by atoms with Gasteiger partial charge in [0.25, 0.3) is 0 Å². The highest BCUT2D eigenvalue weighted by Crippen LogP contribution is 2.21. The van der Waals surface area contributed by atoms with Crippen LogP contribution in [-0.4, -0.2) is 20.0 Å². The summed E-state index contributed by atoms with van der Waals surface area (Å²) in [5, 5.41) is 0. The number of rotatable bonds is 17. The molecule has 0 spiro atoms. The molecule has 2 heteroatoms. The predicted molar refractivity (Wildman–Crippen MR) is 125 cm³/mol. The molecule has 0 atom stereocenters. The third kappa shape index (κ3) is 11.0. The zero-order chi connectivity index (χ0) is 20.5. The van der Waals surface area contributed by atoms with Crippen molar-refractivity contribution in [1.29, 1.82) is 0 Å². The third-order valence-electron chi connectivity index (χ3n) is 6.02. The molecule has 160 valence electrons. The molecule has 0 bridgehead atoms. The van der Waals surface area contributed by atoms with Crippen LogP contribution in [0.4, 0.5) is 5.69 Å². The van der Waals surface area contributed by atoms with Crippen LogP contribution in [0.5, 0.6) is 0 Å². The van der Waals surface area contributed by atoms with E-state index in [0.29, 0.717) is 16.8 Å². The molecule has 0 aliphatic rings. The van der Waals surface area contributed by atoms with Gasteiger partial charge in [0.2, 0.25) is 0 Å². The second-order valence-corrected chi connectivity index (χ2v) is 8.88. The van der Waals surface area contributed by atoms with Crippen LogP contribution in [-0.2, 0) is 4.79 Å². The molecular weight excluding hydrogens is 342 g/mol. The third-order valence-corrected chi connectivity index (χ3v) is 6.02. The number of hydrogen-bond acceptors (Lipinski definition) is 1. The van der Waals surface area contributed by atoms with Crippen molar-refractivity contribution in [2.45, 2.75) is 110 Å². The van der Waals surface area contributed by atoms with E-state index in [1.807, 2.05) is 44.4 Å². The number of nitrogens with zero attached hydrogens (tertiary/aromatic N) is 1. The van der Waals surface area contributed by atoms with E-state index in [4.69, 9.17) is 0 Å². The van der Waals surface area contributed by atoms with E-state index in [-0.39, 0.29) is 0 Å². The van der Waals surface area contributed by atoms with E-state index in [1.165, 1.54) is 89.9 Å². The van der Waals surface area contributed by atoms with E-state index in [2.05, 4.69) is 6.92 Å². The molecular formula is C26H46NO+. The Hall–Kier alpha value is -1.15. The number of carbonyl (C=O) groups excluding carboxylic acids is 1. The van der Waals surface area contributed by atoms with Crippen LogP contribution in [0.1, 0.15) is 110 Å². The van der Waals surface area contributed by atoms with Gasteiger partial charge in [-0.05, 0) is 18.6 Å². The molecule has 0 N–H and O–H groups in total. The summed E-state index contributed by atoms with van der Waals surface area (Å²) < 4.78 is 0.361. The number of amides is 1. The lowest BCUT2D eigenvalue weighted by Gasteiger charge is -2.26. The van der Waals surface area contributed by atoms with Gasteiger partial charge >= 0.3 is 5.91 Å². The van der Waals surface area contributed by atoms with Gasteiger partial charge in [-0.25, -0.2) is 9.28 Å². The number of carbonyl (C=O) groups is 1. The molecule has 0 fully saturated rings. The first kappa shape index (κ1) is 24.9. The molecule has 1 rings (SSSR count). The molecule has 0 unspecified atom stereocenters. The molecule has 1 aromatic rings. The van der Waals surface area contributed by atoms with E-state index >= 15 is 0 Å². The highest BCUT2D eigenvalue weighted by Gasteiger charge is 2.27. The van der Waals surface area contributed by atoms with Gasteiger partial charge in [-0.3, -0.25) is 0 Å². The maximum atomic E-state index is 12.6. The van der Waals surface area contributed by atoms with Crippen molar-refractivity contribution in [2.75, 3.05) is 14.1 Å². The van der Waals surface area contributed by atoms with Gasteiger partial charge in [-0.2, -0.15) is 0 Å². The second kappa shape index (κ2) is 15.7. The predicted octanol–water partition coefficient (Wildman–Crippen LogP) is 8.04. The van der Waals surface area contributed by atoms with E-state index in [0.717, 1.165) is 12.1 Å². The van der Waals surface area contributed by atoms with E-state index in [1.54, 1.807) is 0 Å². The van der Waals surface area contributed by atoms with Crippen LogP contribution in [0, 0.1) is 0 Å². The van der Waals surface area contributed by atoms with Crippen molar-refractivity contribution in [3.8, 4) is 0 Å². The molecule has 0 saturated carbocycles. The minimum atomic E-state index is 0.320. The van der Waals surface area contributed by atoms with Gasteiger partial charge in [-0.15, -0.1) is 0 Å². The Morgan fingerprint density at radius 3 is 1.46 bits per heavy atom. The fourth-order valence-electron chi connectivity index (χ4n) is 3.87. The molecule has 0 radical (unpaired) electrons. The van der Waals surface area contributed by atoms with Gasteiger partial charge in [0.1, 0.15) is 5.69 Å². The number of para-hydroxylation sites is 1. The Morgan fingerprint density at radius 1 is 0.643 bits per heavy atom. The topological polar surface area (TPSA) is 17.1 Å². The molecule has 0 aliphatic carbocycles. The average Bonchev–Trinajstić information content (AvgIpc) is 2.71. The first-order chi connectivity index (χ1) is 13.6. The number of hydrogen-bond donors (Lipinski definition) is 0. The number of unbranched alkanes of at least 4 members (excludes halogenated alkanes) is 14. The van der Waals surface area contributed by atoms with Gasteiger partial charge in [0.15, 0.2) is 0 Å². The van der Waals surface area contributed by atoms with Crippen LogP contribution >= 0.6 is 0 Å². The normalized spacial score (nSPS) is 11.7. The minimum absolute atomic E-state index is 0.320. The summed E-state index contributed by atoms with van der Waals surface area (Å²) in [5.41, 5.74) is 1.08. The fraction of sp³-hybridized carbons (Fsp3) is 0.731. The second-order valence-electron chi connectivity index (χ2n) is 8.88. The van der Waals surface area contributed by atoms with Crippen molar-refractivity contribution in [3.05, 3.63) is 30.3 Å². The Labute approximate surface area is 175 Å². The van der Waals surface area contributed by atoms with Crippen molar-refractivity contribution in [3.63, 3.8) is 0 Å². The highest BCUT2D eigenvalue weighted by molar-refractivity contribution is 5.87. The molecule has 0 aromatic heterocycles. The van der Waals surface area contributed by atoms with Crippen molar-refractivity contribution < 1.29 is 4.79 Å². The lowest BCUT2D eigenvalue weighted by Crippen LogP contribution is -2.46. The smallest absolute Gasteiger partial charge is 0.233 e.